The number of fused-ring (bicyclic) bond motifs is 2. The summed E-state index contributed by atoms with van der Waals surface area (Å²) in [6.07, 6.45) is -0.0211. The van der Waals surface area contributed by atoms with Crippen molar-refractivity contribution in [3.63, 3.8) is 0 Å². The number of hydrogen-bond donors (Lipinski definition) is 0. The van der Waals surface area contributed by atoms with Crippen LogP contribution in [-0.2, 0) is 9.47 Å². The van der Waals surface area contributed by atoms with Gasteiger partial charge in [-0.25, -0.2) is 0 Å². The lowest BCUT2D eigenvalue weighted by Gasteiger charge is -2.32. The molecule has 0 spiro atoms. The summed E-state index contributed by atoms with van der Waals surface area (Å²) >= 11 is 12.7. The molecule has 0 aliphatic carbocycles. The van der Waals surface area contributed by atoms with Crippen molar-refractivity contribution in [2.75, 3.05) is 13.2 Å². The number of imide groups is 2. The highest BCUT2D eigenvalue weighted by Gasteiger charge is 2.46. The average Bonchev–Trinajstić information content (AvgIpc) is 3.28. The number of thiocarbonyl (C=S) groups is 2. The third-order valence-electron chi connectivity index (χ3n) is 5.62. The van der Waals surface area contributed by atoms with E-state index in [1.165, 1.54) is 0 Å². The maximum Gasteiger partial charge on any atom is 0.262 e. The molecule has 12 heteroatoms. The Bertz CT molecular complexity index is 1130. The van der Waals surface area contributed by atoms with Crippen LogP contribution in [-0.4, -0.2) is 66.2 Å². The van der Waals surface area contributed by atoms with Crippen LogP contribution >= 0.6 is 48.0 Å². The predicted octanol–water partition coefficient (Wildman–Crippen LogP) is 4.73. The molecule has 4 rings (SSSR count). The molecular formula is C25H22N2O6S4. The fourth-order valence-corrected chi connectivity index (χ4v) is 7.04. The van der Waals surface area contributed by atoms with E-state index in [1.807, 2.05) is 0 Å². The first-order valence-corrected chi connectivity index (χ1v) is 14.0. The number of nitrogens with zero attached hydrogens (tertiary/aromatic N) is 2. The van der Waals surface area contributed by atoms with E-state index in [0.717, 1.165) is 33.3 Å². The number of carbonyl (C=O) groups excluding carboxylic acids is 4. The minimum atomic E-state index is -0.891. The maximum absolute atomic E-state index is 13.3. The number of ether oxygens (including phenoxy) is 2. The molecular weight excluding hydrogens is 553 g/mol. The van der Waals surface area contributed by atoms with Crippen LogP contribution in [0.4, 0.5) is 0 Å². The summed E-state index contributed by atoms with van der Waals surface area (Å²) in [5.74, 6) is -1.96. The normalized spacial score (nSPS) is 15.9. The Hall–Kier alpha value is -2.80. The van der Waals surface area contributed by atoms with Gasteiger partial charge in [0.1, 0.15) is 0 Å². The van der Waals surface area contributed by atoms with E-state index in [0.29, 0.717) is 13.2 Å². The number of carbonyl (C=O) groups is 4. The number of rotatable bonds is 8. The molecule has 192 valence electrons. The van der Waals surface area contributed by atoms with Gasteiger partial charge in [0, 0.05) is 6.42 Å². The minimum absolute atomic E-state index is 0.0211. The van der Waals surface area contributed by atoms with Gasteiger partial charge in [0.2, 0.25) is 8.77 Å². The van der Waals surface area contributed by atoms with Gasteiger partial charge in [-0.05, 0) is 62.5 Å². The van der Waals surface area contributed by atoms with Crippen molar-refractivity contribution >= 4 is 80.4 Å². The SMILES string of the molecule is CCOC(=S)SC(CC(SC(=S)OCC)N1C(=O)c2ccccc2C1=O)N1C(=O)c2ccccc2C1=O. The largest absolute Gasteiger partial charge is 0.479 e. The van der Waals surface area contributed by atoms with Crippen LogP contribution in [0, 0.1) is 0 Å². The first-order chi connectivity index (χ1) is 17.8. The topological polar surface area (TPSA) is 93.2 Å². The molecule has 0 radical (unpaired) electrons. The minimum Gasteiger partial charge on any atom is -0.479 e. The van der Waals surface area contributed by atoms with Crippen molar-refractivity contribution in [3.8, 4) is 0 Å². The van der Waals surface area contributed by atoms with Crippen molar-refractivity contribution in [2.45, 2.75) is 31.0 Å². The van der Waals surface area contributed by atoms with Gasteiger partial charge >= 0.3 is 0 Å². The molecule has 0 aromatic heterocycles. The van der Waals surface area contributed by atoms with Crippen molar-refractivity contribution in [3.05, 3.63) is 70.8 Å². The van der Waals surface area contributed by atoms with Crippen LogP contribution in [0.2, 0.25) is 0 Å². The second-order valence-electron chi connectivity index (χ2n) is 7.80. The van der Waals surface area contributed by atoms with Gasteiger partial charge in [0.25, 0.3) is 23.6 Å². The number of amides is 4. The Balaban J connectivity index is 1.71. The molecule has 2 aromatic carbocycles. The molecule has 2 aromatic rings. The van der Waals surface area contributed by atoms with Crippen LogP contribution in [0.5, 0.6) is 0 Å². The standard InChI is InChI=1S/C25H22N2O6S4/c1-3-32-24(34)36-18(26-20(28)14-9-5-6-10-15(14)21(26)29)13-19(37-25(35)33-4-2)27-22(30)16-11-7-8-12-17(16)23(27)31/h5-12,18-19H,3-4,13H2,1-2H3. The quantitative estimate of drug-likeness (QED) is 0.325. The Morgan fingerprint density at radius 1 is 0.676 bits per heavy atom. The van der Waals surface area contributed by atoms with E-state index in [9.17, 15) is 19.2 Å². The molecule has 0 fully saturated rings. The zero-order chi connectivity index (χ0) is 26.7. The molecule has 2 heterocycles. The van der Waals surface area contributed by atoms with Crippen molar-refractivity contribution < 1.29 is 28.7 Å². The second-order valence-corrected chi connectivity index (χ2v) is 11.4. The van der Waals surface area contributed by atoms with Gasteiger partial charge in [0.05, 0.1) is 46.2 Å². The zero-order valence-electron chi connectivity index (χ0n) is 19.9. The lowest BCUT2D eigenvalue weighted by molar-refractivity contribution is 0.0597. The van der Waals surface area contributed by atoms with Crippen LogP contribution in [0.15, 0.2) is 48.5 Å². The molecule has 0 bridgehead atoms. The monoisotopic (exact) mass is 574 g/mol. The Labute approximate surface area is 233 Å². The Morgan fingerprint density at radius 3 is 1.24 bits per heavy atom. The van der Waals surface area contributed by atoms with Gasteiger partial charge in [-0.1, -0.05) is 47.8 Å². The molecule has 4 amide bonds. The summed E-state index contributed by atoms with van der Waals surface area (Å²) < 4.78 is 11.1. The highest BCUT2D eigenvalue weighted by Crippen LogP contribution is 2.38. The summed E-state index contributed by atoms with van der Waals surface area (Å²) in [7, 11) is 0. The van der Waals surface area contributed by atoms with Crippen molar-refractivity contribution in [1.29, 1.82) is 0 Å². The van der Waals surface area contributed by atoms with Gasteiger partial charge < -0.3 is 9.47 Å². The van der Waals surface area contributed by atoms with Crippen molar-refractivity contribution in [1.82, 2.24) is 9.80 Å². The van der Waals surface area contributed by atoms with E-state index >= 15 is 0 Å². The molecule has 0 saturated heterocycles. The molecule has 2 aliphatic heterocycles. The summed E-state index contributed by atoms with van der Waals surface area (Å²) in [5, 5.41) is -1.78. The summed E-state index contributed by atoms with van der Waals surface area (Å²) in [5.41, 5.74) is 1.09. The zero-order valence-corrected chi connectivity index (χ0v) is 23.1. The second kappa shape index (κ2) is 11.7. The number of benzene rings is 2. The van der Waals surface area contributed by atoms with E-state index in [-0.39, 0.29) is 37.4 Å². The number of thioether (sulfide) groups is 2. The fraction of sp³-hybridized carbons (Fsp3) is 0.280. The predicted molar refractivity (Wildman–Crippen MR) is 150 cm³/mol. The van der Waals surface area contributed by atoms with E-state index in [4.69, 9.17) is 33.9 Å². The first-order valence-electron chi connectivity index (χ1n) is 11.4. The van der Waals surface area contributed by atoms with Crippen molar-refractivity contribution in [2.24, 2.45) is 0 Å². The lowest BCUT2D eigenvalue weighted by Crippen LogP contribution is -2.45. The molecule has 2 unspecified atom stereocenters. The average molecular weight is 575 g/mol. The molecule has 0 saturated carbocycles. The number of hydrogen-bond acceptors (Lipinski definition) is 10. The summed E-state index contributed by atoms with van der Waals surface area (Å²) in [4.78, 5) is 55.5. The maximum atomic E-state index is 13.3. The van der Waals surface area contributed by atoms with Gasteiger partial charge in [0.15, 0.2) is 0 Å². The molecule has 2 atom stereocenters. The van der Waals surface area contributed by atoms with Gasteiger partial charge in [-0.2, -0.15) is 0 Å². The smallest absolute Gasteiger partial charge is 0.262 e. The highest BCUT2D eigenvalue weighted by molar-refractivity contribution is 8.23. The third kappa shape index (κ3) is 5.42. The van der Waals surface area contributed by atoms with E-state index in [2.05, 4.69) is 0 Å². The molecule has 8 nitrogen and oxygen atoms in total. The van der Waals surface area contributed by atoms with E-state index < -0.39 is 34.4 Å². The summed E-state index contributed by atoms with van der Waals surface area (Å²) in [6.45, 7) is 4.13. The van der Waals surface area contributed by atoms with E-state index in [1.54, 1.807) is 62.4 Å². The fourth-order valence-electron chi connectivity index (χ4n) is 4.05. The molecule has 0 N–H and O–H groups in total. The third-order valence-corrected chi connectivity index (χ3v) is 8.40. The molecule has 2 aliphatic rings. The lowest BCUT2D eigenvalue weighted by atomic mass is 10.1. The first kappa shape index (κ1) is 27.2. The Kier molecular flexibility index (Phi) is 8.63. The van der Waals surface area contributed by atoms with Gasteiger partial charge in [-0.3, -0.25) is 29.0 Å². The van der Waals surface area contributed by atoms with Crippen LogP contribution in [0.1, 0.15) is 61.7 Å². The molecule has 37 heavy (non-hydrogen) atoms. The van der Waals surface area contributed by atoms with Crippen LogP contribution < -0.4 is 0 Å². The Morgan fingerprint density at radius 2 is 0.973 bits per heavy atom. The van der Waals surface area contributed by atoms with Crippen LogP contribution in [0.25, 0.3) is 0 Å². The van der Waals surface area contributed by atoms with Crippen LogP contribution in [0.3, 0.4) is 0 Å². The highest BCUT2D eigenvalue weighted by atomic mass is 32.2. The van der Waals surface area contributed by atoms with Gasteiger partial charge in [-0.15, -0.1) is 0 Å². The summed E-state index contributed by atoms with van der Waals surface area (Å²) in [6, 6.07) is 13.0.